The highest BCUT2D eigenvalue weighted by Gasteiger charge is 2.23. The lowest BCUT2D eigenvalue weighted by atomic mass is 9.87. The van der Waals surface area contributed by atoms with Crippen molar-refractivity contribution in [2.45, 2.75) is 77.1 Å². The Balaban J connectivity index is 1.42. The zero-order valence-corrected chi connectivity index (χ0v) is 22.4. The lowest BCUT2D eigenvalue weighted by Crippen LogP contribution is -2.20. The summed E-state index contributed by atoms with van der Waals surface area (Å²) in [5.41, 5.74) is 6.07. The van der Waals surface area contributed by atoms with Crippen molar-refractivity contribution >= 4 is 17.0 Å². The second-order valence-corrected chi connectivity index (χ2v) is 11.5. The highest BCUT2D eigenvalue weighted by atomic mass is 16.4. The fourth-order valence-corrected chi connectivity index (χ4v) is 5.45. The van der Waals surface area contributed by atoms with Gasteiger partial charge in [0.15, 0.2) is 0 Å². The molecular weight excluding hydrogens is 474 g/mol. The molecule has 0 radical (unpaired) electrons. The first-order valence-corrected chi connectivity index (χ1v) is 13.6. The summed E-state index contributed by atoms with van der Waals surface area (Å²) < 4.78 is 2.29. The number of nitrogens with one attached hydrogen (secondary N) is 1. The van der Waals surface area contributed by atoms with Crippen molar-refractivity contribution in [2.75, 3.05) is 0 Å². The maximum atomic E-state index is 11.6. The van der Waals surface area contributed by atoms with Gasteiger partial charge in [0.1, 0.15) is 12.1 Å². The first-order valence-electron chi connectivity index (χ1n) is 13.6. The predicted molar refractivity (Wildman–Crippen MR) is 151 cm³/mol. The number of rotatable bonds is 7. The lowest BCUT2D eigenvalue weighted by molar-refractivity contribution is 0.0697. The van der Waals surface area contributed by atoms with Crippen LogP contribution >= 0.6 is 0 Å². The second kappa shape index (κ2) is 10.7. The van der Waals surface area contributed by atoms with Crippen molar-refractivity contribution in [3.05, 3.63) is 89.0 Å². The van der Waals surface area contributed by atoms with Gasteiger partial charge in [-0.1, -0.05) is 82.5 Å². The predicted octanol–water partition coefficient (Wildman–Crippen LogP) is 6.98. The van der Waals surface area contributed by atoms with E-state index < -0.39 is 12.2 Å². The maximum absolute atomic E-state index is 11.6. The molecule has 5 rings (SSSR count). The molecule has 0 amide bonds. The van der Waals surface area contributed by atoms with Gasteiger partial charge in [0.25, 0.3) is 0 Å². The van der Waals surface area contributed by atoms with Crippen molar-refractivity contribution in [2.24, 2.45) is 0 Å². The van der Waals surface area contributed by atoms with Gasteiger partial charge < -0.3 is 14.8 Å². The topological polar surface area (TPSA) is 87.4 Å². The number of hydrogen-bond donors (Lipinski definition) is 3. The molecule has 1 aliphatic rings. The molecule has 38 heavy (non-hydrogen) atoms. The van der Waals surface area contributed by atoms with Crippen LogP contribution in [0.15, 0.2) is 66.7 Å². The molecule has 1 unspecified atom stereocenters. The van der Waals surface area contributed by atoms with Gasteiger partial charge in [-0.15, -0.1) is 0 Å². The van der Waals surface area contributed by atoms with E-state index in [0.717, 1.165) is 40.9 Å². The summed E-state index contributed by atoms with van der Waals surface area (Å²) in [5.74, 6) is -0.133. The number of benzene rings is 3. The summed E-state index contributed by atoms with van der Waals surface area (Å²) in [6.07, 6.45) is 4.93. The fourth-order valence-electron chi connectivity index (χ4n) is 5.45. The summed E-state index contributed by atoms with van der Waals surface area (Å²) in [5, 5.41) is 23.7. The van der Waals surface area contributed by atoms with E-state index in [1.165, 1.54) is 24.8 Å². The van der Waals surface area contributed by atoms with Crippen LogP contribution in [0.3, 0.4) is 0 Å². The zero-order valence-electron chi connectivity index (χ0n) is 22.4. The molecule has 3 aromatic carbocycles. The number of carboxylic acid groups (broad SMARTS) is 1. The Labute approximate surface area is 224 Å². The van der Waals surface area contributed by atoms with Gasteiger partial charge in [0.05, 0.1) is 16.6 Å². The average molecular weight is 512 g/mol. The van der Waals surface area contributed by atoms with Crippen molar-refractivity contribution in [3.8, 4) is 11.4 Å². The van der Waals surface area contributed by atoms with Crippen LogP contribution < -0.4 is 5.32 Å². The molecule has 0 aliphatic heterocycles. The quantitative estimate of drug-likeness (QED) is 0.233. The van der Waals surface area contributed by atoms with Crippen LogP contribution in [0, 0.1) is 0 Å². The molecule has 198 valence electrons. The van der Waals surface area contributed by atoms with Gasteiger partial charge >= 0.3 is 5.97 Å². The molecule has 0 bridgehead atoms. The van der Waals surface area contributed by atoms with Crippen LogP contribution in [0.1, 0.15) is 92.2 Å². The molecule has 4 aromatic rings. The molecule has 1 fully saturated rings. The zero-order chi connectivity index (χ0) is 26.9. The first-order chi connectivity index (χ1) is 18.2. The van der Waals surface area contributed by atoms with E-state index in [1.54, 1.807) is 12.1 Å². The van der Waals surface area contributed by atoms with Crippen LogP contribution in [-0.2, 0) is 12.0 Å². The summed E-state index contributed by atoms with van der Waals surface area (Å²) >= 11 is 0. The number of imidazole rings is 1. The highest BCUT2D eigenvalue weighted by Crippen LogP contribution is 2.36. The Hall–Kier alpha value is -3.48. The summed E-state index contributed by atoms with van der Waals surface area (Å²) in [6.45, 7) is 7.15. The van der Waals surface area contributed by atoms with E-state index in [2.05, 4.69) is 54.9 Å². The second-order valence-electron chi connectivity index (χ2n) is 11.5. The summed E-state index contributed by atoms with van der Waals surface area (Å²) in [6, 6.07) is 21.9. The van der Waals surface area contributed by atoms with Gasteiger partial charge in [0, 0.05) is 18.2 Å². The first kappa shape index (κ1) is 26.1. The third-order valence-electron chi connectivity index (χ3n) is 7.66. The molecule has 6 heteroatoms. The molecule has 6 nitrogen and oxygen atoms in total. The maximum Gasteiger partial charge on any atom is 0.335 e. The fraction of sp³-hybridized carbons (Fsp3) is 0.375. The standard InChI is InChI=1S/C32H37N3O3/c1-32(2,3)25-15-12-21(13-16-25)20-33-30(36)23-9-7-8-22(18-23)29-34-27-19-24(31(37)38)14-17-28(27)35(29)26-10-5-4-6-11-26/h7-9,12-19,26,30,33,36H,4-6,10-11,20H2,1-3H3,(H,37,38). The van der Waals surface area contributed by atoms with Gasteiger partial charge in [-0.3, -0.25) is 5.32 Å². The number of fused-ring (bicyclic) bond motifs is 1. The van der Waals surface area contributed by atoms with Crippen LogP contribution in [0.25, 0.3) is 22.4 Å². The molecule has 0 spiro atoms. The number of aromatic carboxylic acids is 1. The summed E-state index contributed by atoms with van der Waals surface area (Å²) in [4.78, 5) is 16.5. The molecule has 3 N–H and O–H groups in total. The van der Waals surface area contributed by atoms with E-state index in [0.29, 0.717) is 18.1 Å². The monoisotopic (exact) mass is 511 g/mol. The summed E-state index contributed by atoms with van der Waals surface area (Å²) in [7, 11) is 0. The Bertz CT molecular complexity index is 1430. The Morgan fingerprint density at radius 2 is 1.76 bits per heavy atom. The van der Waals surface area contributed by atoms with E-state index in [-0.39, 0.29) is 11.0 Å². The van der Waals surface area contributed by atoms with Gasteiger partial charge in [-0.2, -0.15) is 0 Å². The minimum absolute atomic E-state index is 0.106. The number of hydrogen-bond acceptors (Lipinski definition) is 4. The molecule has 1 aromatic heterocycles. The van der Waals surface area contributed by atoms with Crippen LogP contribution in [-0.4, -0.2) is 25.7 Å². The Morgan fingerprint density at radius 1 is 1.03 bits per heavy atom. The average Bonchev–Trinajstić information content (AvgIpc) is 3.31. The van der Waals surface area contributed by atoms with Gasteiger partial charge in [-0.25, -0.2) is 9.78 Å². The number of nitrogens with zero attached hydrogens (tertiary/aromatic N) is 2. The van der Waals surface area contributed by atoms with Crippen LogP contribution in [0.4, 0.5) is 0 Å². The van der Waals surface area contributed by atoms with Gasteiger partial charge in [0.2, 0.25) is 0 Å². The third-order valence-corrected chi connectivity index (χ3v) is 7.66. The number of aliphatic hydroxyl groups is 1. The Morgan fingerprint density at radius 3 is 2.45 bits per heavy atom. The number of carboxylic acids is 1. The minimum Gasteiger partial charge on any atom is -0.478 e. The van der Waals surface area contributed by atoms with E-state index >= 15 is 0 Å². The normalized spacial score (nSPS) is 15.6. The lowest BCUT2D eigenvalue weighted by Gasteiger charge is -2.26. The molecule has 0 saturated heterocycles. The molecular formula is C32H37N3O3. The number of aromatic nitrogens is 2. The molecule has 1 atom stereocenters. The van der Waals surface area contributed by atoms with E-state index in [9.17, 15) is 15.0 Å². The van der Waals surface area contributed by atoms with Crippen LogP contribution in [0.5, 0.6) is 0 Å². The van der Waals surface area contributed by atoms with Crippen LogP contribution in [0.2, 0.25) is 0 Å². The highest BCUT2D eigenvalue weighted by molar-refractivity contribution is 5.93. The van der Waals surface area contributed by atoms with E-state index in [1.807, 2.05) is 30.3 Å². The smallest absolute Gasteiger partial charge is 0.335 e. The van der Waals surface area contributed by atoms with Gasteiger partial charge in [-0.05, 0) is 59.2 Å². The van der Waals surface area contributed by atoms with Crippen molar-refractivity contribution in [1.29, 1.82) is 0 Å². The number of carbonyl (C=O) groups is 1. The SMILES string of the molecule is CC(C)(C)c1ccc(CNC(O)c2cccc(-c3nc4cc(C(=O)O)ccc4n3C3CCCCC3)c2)cc1. The minimum atomic E-state index is -0.954. The van der Waals surface area contributed by atoms with Crippen molar-refractivity contribution in [1.82, 2.24) is 14.9 Å². The largest absolute Gasteiger partial charge is 0.478 e. The molecule has 1 heterocycles. The molecule has 1 saturated carbocycles. The van der Waals surface area contributed by atoms with E-state index in [4.69, 9.17) is 4.98 Å². The molecule has 1 aliphatic carbocycles. The third kappa shape index (κ3) is 5.52. The van der Waals surface area contributed by atoms with Crippen molar-refractivity contribution < 1.29 is 15.0 Å². The Kier molecular flexibility index (Phi) is 7.37. The number of aliphatic hydroxyl groups excluding tert-OH is 1. The van der Waals surface area contributed by atoms with Crippen molar-refractivity contribution in [3.63, 3.8) is 0 Å².